The van der Waals surface area contributed by atoms with Crippen molar-refractivity contribution in [2.24, 2.45) is 23.2 Å². The van der Waals surface area contributed by atoms with Crippen LogP contribution >= 0.6 is 0 Å². The fraction of sp³-hybridized carbons (Fsp3) is 0.875. The van der Waals surface area contributed by atoms with E-state index in [1.165, 1.54) is 11.1 Å². The standard InChI is InChI=1S/C16H26O3/c1-9-5-6-10-12(8-19-15(10)18-4)11-7-16(2,3)14(17)13(9)11/h9-10,13-15,17H,5-8H2,1-4H3/t9-,10-,13-,14+,15+/m0/s1. The van der Waals surface area contributed by atoms with Gasteiger partial charge in [0.25, 0.3) is 0 Å². The second-order valence-electron chi connectivity index (χ2n) is 7.26. The van der Waals surface area contributed by atoms with Crippen LogP contribution in [-0.2, 0) is 9.47 Å². The first-order chi connectivity index (χ1) is 8.95. The molecular formula is C16H26O3. The molecule has 3 heteroatoms. The Hall–Kier alpha value is -0.380. The Labute approximate surface area is 116 Å². The average Bonchev–Trinajstić information content (AvgIpc) is 2.82. The van der Waals surface area contributed by atoms with Crippen LogP contribution in [0, 0.1) is 23.2 Å². The fourth-order valence-corrected chi connectivity index (χ4v) is 4.43. The first-order valence-corrected chi connectivity index (χ1v) is 7.50. The molecule has 0 amide bonds. The van der Waals surface area contributed by atoms with Crippen LogP contribution in [0.3, 0.4) is 0 Å². The molecule has 2 fully saturated rings. The van der Waals surface area contributed by atoms with Crippen LogP contribution in [0.25, 0.3) is 0 Å². The maximum Gasteiger partial charge on any atom is 0.164 e. The molecule has 0 bridgehead atoms. The zero-order valence-corrected chi connectivity index (χ0v) is 12.5. The van der Waals surface area contributed by atoms with E-state index in [2.05, 4.69) is 20.8 Å². The zero-order chi connectivity index (χ0) is 13.8. The van der Waals surface area contributed by atoms with Crippen LogP contribution in [0.15, 0.2) is 11.1 Å². The topological polar surface area (TPSA) is 38.7 Å². The quantitative estimate of drug-likeness (QED) is 0.742. The number of hydrogen-bond donors (Lipinski definition) is 1. The van der Waals surface area contributed by atoms with Crippen molar-refractivity contribution in [1.82, 2.24) is 0 Å². The SMILES string of the molecule is CO[C@@H]1OCC2=C3CC(C)(C)[C@H](O)[C@H]3[C@@H](C)CC[C@@H]21. The van der Waals surface area contributed by atoms with Gasteiger partial charge >= 0.3 is 0 Å². The van der Waals surface area contributed by atoms with Gasteiger partial charge in [0.05, 0.1) is 12.7 Å². The van der Waals surface area contributed by atoms with Gasteiger partial charge in [0.15, 0.2) is 6.29 Å². The zero-order valence-electron chi connectivity index (χ0n) is 12.5. The van der Waals surface area contributed by atoms with Crippen LogP contribution in [0.1, 0.15) is 40.0 Å². The van der Waals surface area contributed by atoms with Gasteiger partial charge < -0.3 is 14.6 Å². The minimum atomic E-state index is -0.217. The smallest absolute Gasteiger partial charge is 0.164 e. The number of ether oxygens (including phenoxy) is 2. The molecule has 2 aliphatic carbocycles. The second kappa shape index (κ2) is 4.57. The highest BCUT2D eigenvalue weighted by atomic mass is 16.7. The largest absolute Gasteiger partial charge is 0.392 e. The van der Waals surface area contributed by atoms with Crippen LogP contribution in [0.2, 0.25) is 0 Å². The van der Waals surface area contributed by atoms with E-state index in [-0.39, 0.29) is 17.8 Å². The van der Waals surface area contributed by atoms with Gasteiger partial charge in [-0.25, -0.2) is 0 Å². The minimum absolute atomic E-state index is 0.00565. The van der Waals surface area contributed by atoms with Crippen molar-refractivity contribution < 1.29 is 14.6 Å². The summed E-state index contributed by atoms with van der Waals surface area (Å²) in [4.78, 5) is 0. The molecular weight excluding hydrogens is 240 g/mol. The number of rotatable bonds is 1. The summed E-state index contributed by atoms with van der Waals surface area (Å²) in [6.07, 6.45) is 3.00. The number of aliphatic hydroxyl groups is 1. The Bertz CT molecular complexity index is 399. The lowest BCUT2D eigenvalue weighted by Gasteiger charge is -2.28. The van der Waals surface area contributed by atoms with Crippen LogP contribution in [0.4, 0.5) is 0 Å². The monoisotopic (exact) mass is 266 g/mol. The molecule has 3 aliphatic rings. The lowest BCUT2D eigenvalue weighted by molar-refractivity contribution is -0.111. The summed E-state index contributed by atoms with van der Waals surface area (Å²) in [5, 5.41) is 10.7. The Morgan fingerprint density at radius 2 is 2.00 bits per heavy atom. The molecule has 0 unspecified atom stereocenters. The molecule has 0 spiro atoms. The molecule has 0 aromatic carbocycles. The summed E-state index contributed by atoms with van der Waals surface area (Å²) in [7, 11) is 1.73. The van der Waals surface area contributed by atoms with Gasteiger partial charge in [0.2, 0.25) is 0 Å². The normalized spacial score (nSPS) is 45.0. The molecule has 1 heterocycles. The molecule has 3 nitrogen and oxygen atoms in total. The Morgan fingerprint density at radius 3 is 2.68 bits per heavy atom. The van der Waals surface area contributed by atoms with E-state index >= 15 is 0 Å². The Kier molecular flexibility index (Phi) is 3.27. The first kappa shape index (κ1) is 13.6. The highest BCUT2D eigenvalue weighted by Crippen LogP contribution is 2.54. The van der Waals surface area contributed by atoms with Gasteiger partial charge in [0.1, 0.15) is 0 Å². The summed E-state index contributed by atoms with van der Waals surface area (Å²) < 4.78 is 11.3. The van der Waals surface area contributed by atoms with E-state index in [1.54, 1.807) is 7.11 Å². The predicted molar refractivity (Wildman–Crippen MR) is 73.6 cm³/mol. The molecule has 1 N–H and O–H groups in total. The summed E-state index contributed by atoms with van der Waals surface area (Å²) in [6, 6.07) is 0. The highest BCUT2D eigenvalue weighted by Gasteiger charge is 2.50. The third kappa shape index (κ3) is 1.98. The molecule has 19 heavy (non-hydrogen) atoms. The third-order valence-corrected chi connectivity index (χ3v) is 5.56. The average molecular weight is 266 g/mol. The molecule has 0 radical (unpaired) electrons. The first-order valence-electron chi connectivity index (χ1n) is 7.50. The van der Waals surface area contributed by atoms with Crippen molar-refractivity contribution in [3.8, 4) is 0 Å². The Balaban J connectivity index is 2.02. The lowest BCUT2D eigenvalue weighted by Crippen LogP contribution is -2.31. The number of fused-ring (bicyclic) bond motifs is 2. The maximum absolute atomic E-state index is 10.7. The summed E-state index contributed by atoms with van der Waals surface area (Å²) in [5.41, 5.74) is 2.91. The van der Waals surface area contributed by atoms with Gasteiger partial charge in [0, 0.05) is 18.9 Å². The van der Waals surface area contributed by atoms with E-state index in [9.17, 15) is 5.11 Å². The lowest BCUT2D eigenvalue weighted by atomic mass is 9.81. The van der Waals surface area contributed by atoms with Crippen molar-refractivity contribution in [3.05, 3.63) is 11.1 Å². The third-order valence-electron chi connectivity index (χ3n) is 5.56. The second-order valence-corrected chi connectivity index (χ2v) is 7.26. The molecule has 1 saturated heterocycles. The van der Waals surface area contributed by atoms with Crippen molar-refractivity contribution in [1.29, 1.82) is 0 Å². The minimum Gasteiger partial charge on any atom is -0.392 e. The molecule has 3 rings (SSSR count). The molecule has 5 atom stereocenters. The van der Waals surface area contributed by atoms with E-state index in [4.69, 9.17) is 9.47 Å². The van der Waals surface area contributed by atoms with Crippen molar-refractivity contribution in [2.75, 3.05) is 13.7 Å². The van der Waals surface area contributed by atoms with E-state index in [0.717, 1.165) is 19.3 Å². The van der Waals surface area contributed by atoms with E-state index < -0.39 is 0 Å². The van der Waals surface area contributed by atoms with Crippen LogP contribution in [0.5, 0.6) is 0 Å². The summed E-state index contributed by atoms with van der Waals surface area (Å²) in [6.45, 7) is 7.36. The van der Waals surface area contributed by atoms with E-state index in [1.807, 2.05) is 0 Å². The summed E-state index contributed by atoms with van der Waals surface area (Å²) >= 11 is 0. The molecule has 0 aromatic heterocycles. The highest BCUT2D eigenvalue weighted by molar-refractivity contribution is 5.31. The summed E-state index contributed by atoms with van der Waals surface area (Å²) in [5.74, 6) is 1.30. The van der Waals surface area contributed by atoms with Crippen molar-refractivity contribution in [2.45, 2.75) is 52.4 Å². The molecule has 1 aliphatic heterocycles. The number of aliphatic hydroxyl groups excluding tert-OH is 1. The van der Waals surface area contributed by atoms with Gasteiger partial charge in [-0.3, -0.25) is 0 Å². The van der Waals surface area contributed by atoms with Crippen molar-refractivity contribution in [3.63, 3.8) is 0 Å². The molecule has 108 valence electrons. The molecule has 1 saturated carbocycles. The van der Waals surface area contributed by atoms with E-state index in [0.29, 0.717) is 24.4 Å². The van der Waals surface area contributed by atoms with Gasteiger partial charge in [-0.15, -0.1) is 0 Å². The molecule has 0 aromatic rings. The van der Waals surface area contributed by atoms with Crippen LogP contribution < -0.4 is 0 Å². The maximum atomic E-state index is 10.7. The predicted octanol–water partition coefficient (Wildman–Crippen LogP) is 2.74. The van der Waals surface area contributed by atoms with Crippen molar-refractivity contribution >= 4 is 0 Å². The van der Waals surface area contributed by atoms with Crippen LogP contribution in [-0.4, -0.2) is 31.2 Å². The fourth-order valence-electron chi connectivity index (χ4n) is 4.43. The van der Waals surface area contributed by atoms with Gasteiger partial charge in [-0.2, -0.15) is 0 Å². The van der Waals surface area contributed by atoms with Gasteiger partial charge in [-0.1, -0.05) is 26.3 Å². The Morgan fingerprint density at radius 1 is 1.26 bits per heavy atom. The number of methoxy groups -OCH3 is 1. The van der Waals surface area contributed by atoms with Gasteiger partial charge in [-0.05, 0) is 36.2 Å². The number of hydrogen-bond acceptors (Lipinski definition) is 3.